The quantitative estimate of drug-likeness (QED) is 0.761. The highest BCUT2D eigenvalue weighted by Crippen LogP contribution is 2.25. The van der Waals surface area contributed by atoms with Crippen molar-refractivity contribution in [3.63, 3.8) is 0 Å². The Kier molecular flexibility index (Phi) is 5.56. The lowest BCUT2D eigenvalue weighted by Gasteiger charge is -2.23. The van der Waals surface area contributed by atoms with Crippen LogP contribution in [0.5, 0.6) is 0 Å². The first-order valence-corrected chi connectivity index (χ1v) is 6.89. The number of hydrogen-bond donors (Lipinski definition) is 1. The summed E-state index contributed by atoms with van der Waals surface area (Å²) in [6.45, 7) is 11.5. The molecule has 0 atom stereocenters. The Labute approximate surface area is 109 Å². The summed E-state index contributed by atoms with van der Waals surface area (Å²) in [6.07, 6.45) is 1.03. The number of methoxy groups -OCH3 is 1. The van der Waals surface area contributed by atoms with Crippen molar-refractivity contribution >= 4 is 11.3 Å². The number of rotatable bonds is 7. The first-order chi connectivity index (χ1) is 7.94. The summed E-state index contributed by atoms with van der Waals surface area (Å²) in [6, 6.07) is 0. The topological polar surface area (TPSA) is 34.1 Å². The Morgan fingerprint density at radius 1 is 1.35 bits per heavy atom. The Hall–Kier alpha value is -0.450. The summed E-state index contributed by atoms with van der Waals surface area (Å²) in [5, 5.41) is 4.67. The lowest BCUT2D eigenvalue weighted by atomic mass is 9.89. The Morgan fingerprint density at radius 2 is 2.06 bits per heavy atom. The molecule has 0 bridgehead atoms. The summed E-state index contributed by atoms with van der Waals surface area (Å²) in [5.74, 6) is 0. The van der Waals surface area contributed by atoms with Gasteiger partial charge in [-0.15, -0.1) is 11.3 Å². The average Bonchev–Trinajstić information content (AvgIpc) is 2.52. The maximum atomic E-state index is 5.02. The van der Waals surface area contributed by atoms with E-state index >= 15 is 0 Å². The van der Waals surface area contributed by atoms with Crippen LogP contribution in [0.2, 0.25) is 0 Å². The number of nitrogens with one attached hydrogen (secondary N) is 1. The van der Waals surface area contributed by atoms with Gasteiger partial charge in [-0.2, -0.15) is 0 Å². The van der Waals surface area contributed by atoms with Crippen molar-refractivity contribution in [2.75, 3.05) is 26.8 Å². The van der Waals surface area contributed by atoms with Crippen molar-refractivity contribution in [1.29, 1.82) is 0 Å². The minimum absolute atomic E-state index is 0.241. The summed E-state index contributed by atoms with van der Waals surface area (Å²) in [5.41, 5.74) is 1.41. The number of ether oxygens (including phenoxy) is 1. The lowest BCUT2D eigenvalue weighted by molar-refractivity contribution is 0.194. The van der Waals surface area contributed by atoms with E-state index in [0.717, 1.165) is 26.1 Å². The van der Waals surface area contributed by atoms with Crippen molar-refractivity contribution < 1.29 is 4.74 Å². The van der Waals surface area contributed by atoms with Crippen LogP contribution >= 0.6 is 11.3 Å². The molecule has 0 aliphatic heterocycles. The monoisotopic (exact) mass is 256 g/mol. The minimum atomic E-state index is 0.241. The normalized spacial score (nSPS) is 12.1. The highest BCUT2D eigenvalue weighted by molar-refractivity contribution is 7.11. The number of thiazole rings is 1. The molecule has 1 rings (SSSR count). The van der Waals surface area contributed by atoms with Gasteiger partial charge in [0.25, 0.3) is 0 Å². The molecule has 0 radical (unpaired) electrons. The van der Waals surface area contributed by atoms with Crippen LogP contribution in [0.3, 0.4) is 0 Å². The van der Waals surface area contributed by atoms with Crippen LogP contribution < -0.4 is 5.32 Å². The average molecular weight is 256 g/mol. The van der Waals surface area contributed by atoms with Crippen molar-refractivity contribution in [2.24, 2.45) is 5.41 Å². The van der Waals surface area contributed by atoms with Gasteiger partial charge in [-0.05, 0) is 19.3 Å². The second-order valence-electron chi connectivity index (χ2n) is 5.26. The fourth-order valence-electron chi connectivity index (χ4n) is 1.69. The SMILES string of the molecule is COCCNCC(C)(C)Cc1nc(C)c(C)s1. The van der Waals surface area contributed by atoms with Gasteiger partial charge in [0.05, 0.1) is 17.3 Å². The van der Waals surface area contributed by atoms with Crippen LogP contribution in [0.4, 0.5) is 0 Å². The van der Waals surface area contributed by atoms with Crippen LogP contribution in [0.15, 0.2) is 0 Å². The Bertz CT molecular complexity index is 328. The van der Waals surface area contributed by atoms with Gasteiger partial charge in [-0.3, -0.25) is 0 Å². The second-order valence-corrected chi connectivity index (χ2v) is 6.55. The summed E-state index contributed by atoms with van der Waals surface area (Å²) < 4.78 is 5.02. The van der Waals surface area contributed by atoms with Gasteiger partial charge in [0.1, 0.15) is 0 Å². The molecule has 1 aromatic heterocycles. The van der Waals surface area contributed by atoms with Crippen molar-refractivity contribution in [3.05, 3.63) is 15.6 Å². The molecule has 0 saturated heterocycles. The summed E-state index contributed by atoms with van der Waals surface area (Å²) in [7, 11) is 1.73. The van der Waals surface area contributed by atoms with Crippen LogP contribution in [0.1, 0.15) is 29.4 Å². The molecule has 0 spiro atoms. The van der Waals surface area contributed by atoms with Gasteiger partial charge in [-0.25, -0.2) is 4.98 Å². The maximum absolute atomic E-state index is 5.02. The molecule has 0 saturated carbocycles. The van der Waals surface area contributed by atoms with Gasteiger partial charge in [0.15, 0.2) is 0 Å². The fraction of sp³-hybridized carbons (Fsp3) is 0.769. The summed E-state index contributed by atoms with van der Waals surface area (Å²) in [4.78, 5) is 5.94. The molecular formula is C13H24N2OS. The zero-order valence-corrected chi connectivity index (χ0v) is 12.4. The van der Waals surface area contributed by atoms with Gasteiger partial charge in [0.2, 0.25) is 0 Å². The molecule has 0 aromatic carbocycles. The van der Waals surface area contributed by atoms with E-state index in [-0.39, 0.29) is 5.41 Å². The molecule has 98 valence electrons. The van der Waals surface area contributed by atoms with Gasteiger partial charge in [0, 0.05) is 31.5 Å². The second kappa shape index (κ2) is 6.47. The molecule has 0 fully saturated rings. The minimum Gasteiger partial charge on any atom is -0.383 e. The highest BCUT2D eigenvalue weighted by Gasteiger charge is 2.20. The van der Waals surface area contributed by atoms with Crippen molar-refractivity contribution in [1.82, 2.24) is 10.3 Å². The van der Waals surface area contributed by atoms with E-state index in [1.54, 1.807) is 7.11 Å². The molecule has 0 aliphatic carbocycles. The predicted molar refractivity (Wildman–Crippen MR) is 73.8 cm³/mol. The number of hydrogen-bond acceptors (Lipinski definition) is 4. The molecule has 0 aliphatic rings. The van der Waals surface area contributed by atoms with E-state index < -0.39 is 0 Å². The van der Waals surface area contributed by atoms with Crippen LogP contribution in [0, 0.1) is 19.3 Å². The molecular weight excluding hydrogens is 232 g/mol. The highest BCUT2D eigenvalue weighted by atomic mass is 32.1. The zero-order chi connectivity index (χ0) is 12.9. The molecule has 0 unspecified atom stereocenters. The fourth-order valence-corrected chi connectivity index (χ4v) is 2.88. The van der Waals surface area contributed by atoms with E-state index in [9.17, 15) is 0 Å². The number of aromatic nitrogens is 1. The van der Waals surface area contributed by atoms with Gasteiger partial charge < -0.3 is 10.1 Å². The Balaban J connectivity index is 2.42. The first kappa shape index (κ1) is 14.6. The lowest BCUT2D eigenvalue weighted by Crippen LogP contribution is -2.33. The first-order valence-electron chi connectivity index (χ1n) is 6.07. The molecule has 4 heteroatoms. The molecule has 1 heterocycles. The molecule has 17 heavy (non-hydrogen) atoms. The van der Waals surface area contributed by atoms with Crippen molar-refractivity contribution in [3.8, 4) is 0 Å². The number of nitrogens with zero attached hydrogens (tertiary/aromatic N) is 1. The van der Waals surface area contributed by atoms with E-state index in [1.807, 2.05) is 11.3 Å². The third kappa shape index (κ3) is 5.15. The molecule has 0 amide bonds. The molecule has 1 aromatic rings. The standard InChI is InChI=1S/C13H24N2OS/c1-10-11(2)17-12(15-10)8-13(3,4)9-14-6-7-16-5/h14H,6-9H2,1-5H3. The van der Waals surface area contributed by atoms with E-state index in [4.69, 9.17) is 4.74 Å². The number of aryl methyl sites for hydroxylation is 2. The third-order valence-electron chi connectivity index (χ3n) is 2.79. The largest absolute Gasteiger partial charge is 0.383 e. The predicted octanol–water partition coefficient (Wildman–Crippen LogP) is 2.56. The van der Waals surface area contributed by atoms with Crippen molar-refractivity contribution in [2.45, 2.75) is 34.1 Å². The van der Waals surface area contributed by atoms with Gasteiger partial charge >= 0.3 is 0 Å². The van der Waals surface area contributed by atoms with E-state index in [1.165, 1.54) is 15.6 Å². The van der Waals surface area contributed by atoms with E-state index in [0.29, 0.717) is 0 Å². The third-order valence-corrected chi connectivity index (χ3v) is 3.86. The van der Waals surface area contributed by atoms with Gasteiger partial charge in [-0.1, -0.05) is 13.8 Å². The van der Waals surface area contributed by atoms with Crippen LogP contribution in [-0.2, 0) is 11.2 Å². The molecule has 1 N–H and O–H groups in total. The maximum Gasteiger partial charge on any atom is 0.0936 e. The molecule has 3 nitrogen and oxygen atoms in total. The van der Waals surface area contributed by atoms with Crippen LogP contribution in [0.25, 0.3) is 0 Å². The zero-order valence-electron chi connectivity index (χ0n) is 11.6. The smallest absolute Gasteiger partial charge is 0.0936 e. The van der Waals surface area contributed by atoms with Crippen LogP contribution in [-0.4, -0.2) is 31.8 Å². The Morgan fingerprint density at radius 3 is 2.59 bits per heavy atom. The summed E-state index contributed by atoms with van der Waals surface area (Å²) >= 11 is 1.82. The van der Waals surface area contributed by atoms with E-state index in [2.05, 4.69) is 38.0 Å².